The maximum absolute atomic E-state index is 11.4. The van der Waals surface area contributed by atoms with Gasteiger partial charge >= 0.3 is 5.76 Å². The molecule has 0 amide bonds. The van der Waals surface area contributed by atoms with Crippen molar-refractivity contribution in [2.24, 2.45) is 12.5 Å². The first kappa shape index (κ1) is 12.4. The van der Waals surface area contributed by atoms with Crippen LogP contribution in [0, 0.1) is 5.41 Å². The average molecular weight is 262 g/mol. The van der Waals surface area contributed by atoms with Crippen LogP contribution < -0.4 is 11.1 Å². The van der Waals surface area contributed by atoms with E-state index in [0.717, 1.165) is 37.0 Å². The van der Waals surface area contributed by atoms with E-state index in [-0.39, 0.29) is 17.8 Å². The Morgan fingerprint density at radius 1 is 1.47 bits per heavy atom. The van der Waals surface area contributed by atoms with Crippen molar-refractivity contribution in [1.82, 2.24) is 9.88 Å². The number of oxazole rings is 1. The van der Waals surface area contributed by atoms with E-state index in [2.05, 4.69) is 5.32 Å². The minimum absolute atomic E-state index is 0.118. The second-order valence-corrected chi connectivity index (χ2v) is 5.49. The van der Waals surface area contributed by atoms with Crippen LogP contribution in [0.2, 0.25) is 0 Å². The standard InChI is InChI=1S/C14H18N2O3/c1-16-11-6-10(2-3-12(11)19-13(16)18)7-15-8-14(9-17)4-5-14/h2-3,6,15,17H,4-5,7-9H2,1H3. The molecule has 1 fully saturated rings. The smallest absolute Gasteiger partial charge is 0.408 e. The van der Waals surface area contributed by atoms with Crippen LogP contribution in [0.25, 0.3) is 11.1 Å². The Labute approximate surface area is 110 Å². The van der Waals surface area contributed by atoms with Crippen LogP contribution in [-0.4, -0.2) is 22.8 Å². The summed E-state index contributed by atoms with van der Waals surface area (Å²) < 4.78 is 6.60. The molecule has 0 unspecified atom stereocenters. The Kier molecular flexibility index (Phi) is 2.95. The van der Waals surface area contributed by atoms with Gasteiger partial charge in [0.15, 0.2) is 5.58 Å². The van der Waals surface area contributed by atoms with Crippen LogP contribution in [0.1, 0.15) is 18.4 Å². The van der Waals surface area contributed by atoms with Gasteiger partial charge in [0, 0.05) is 32.2 Å². The van der Waals surface area contributed by atoms with Crippen molar-refractivity contribution in [3.8, 4) is 0 Å². The molecule has 1 saturated carbocycles. The second-order valence-electron chi connectivity index (χ2n) is 5.49. The minimum Gasteiger partial charge on any atom is -0.408 e. The summed E-state index contributed by atoms with van der Waals surface area (Å²) in [6, 6.07) is 5.75. The fourth-order valence-corrected chi connectivity index (χ4v) is 2.32. The average Bonchev–Trinajstić information content (AvgIpc) is 3.14. The fourth-order valence-electron chi connectivity index (χ4n) is 2.32. The van der Waals surface area contributed by atoms with Gasteiger partial charge in [0.05, 0.1) is 5.52 Å². The zero-order valence-corrected chi connectivity index (χ0v) is 11.0. The lowest BCUT2D eigenvalue weighted by Gasteiger charge is -2.12. The van der Waals surface area contributed by atoms with E-state index in [1.165, 1.54) is 4.57 Å². The summed E-state index contributed by atoms with van der Waals surface area (Å²) in [5.74, 6) is -0.336. The van der Waals surface area contributed by atoms with E-state index in [4.69, 9.17) is 4.42 Å². The summed E-state index contributed by atoms with van der Waals surface area (Å²) in [5.41, 5.74) is 2.66. The molecule has 2 aromatic rings. The van der Waals surface area contributed by atoms with Crippen molar-refractivity contribution < 1.29 is 9.52 Å². The highest BCUT2D eigenvalue weighted by Gasteiger charge is 2.41. The molecule has 2 N–H and O–H groups in total. The fraction of sp³-hybridized carbons (Fsp3) is 0.500. The molecule has 19 heavy (non-hydrogen) atoms. The van der Waals surface area contributed by atoms with Crippen molar-refractivity contribution in [2.45, 2.75) is 19.4 Å². The molecular formula is C14H18N2O3. The van der Waals surface area contributed by atoms with Gasteiger partial charge in [0.2, 0.25) is 0 Å². The van der Waals surface area contributed by atoms with Crippen LogP contribution in [0.15, 0.2) is 27.4 Å². The molecule has 102 valence electrons. The quantitative estimate of drug-likeness (QED) is 0.843. The van der Waals surface area contributed by atoms with Gasteiger partial charge < -0.3 is 14.8 Å². The normalized spacial score (nSPS) is 16.9. The number of aryl methyl sites for hydroxylation is 1. The summed E-state index contributed by atoms with van der Waals surface area (Å²) in [7, 11) is 1.70. The zero-order chi connectivity index (χ0) is 13.5. The van der Waals surface area contributed by atoms with Crippen LogP contribution in [0.5, 0.6) is 0 Å². The first-order chi connectivity index (χ1) is 9.13. The molecule has 0 aliphatic heterocycles. The SMILES string of the molecule is Cn1c(=O)oc2ccc(CNCC3(CO)CC3)cc21. The van der Waals surface area contributed by atoms with E-state index < -0.39 is 0 Å². The highest BCUT2D eigenvalue weighted by molar-refractivity contribution is 5.73. The molecule has 0 radical (unpaired) electrons. The Morgan fingerprint density at radius 3 is 2.95 bits per heavy atom. The van der Waals surface area contributed by atoms with Crippen LogP contribution in [0.4, 0.5) is 0 Å². The highest BCUT2D eigenvalue weighted by atomic mass is 16.4. The first-order valence-corrected chi connectivity index (χ1v) is 6.54. The van der Waals surface area contributed by atoms with Crippen molar-refractivity contribution >= 4 is 11.1 Å². The number of hydrogen-bond donors (Lipinski definition) is 2. The molecule has 5 nitrogen and oxygen atoms in total. The third kappa shape index (κ3) is 2.31. The lowest BCUT2D eigenvalue weighted by atomic mass is 10.1. The molecule has 1 aromatic carbocycles. The predicted molar refractivity (Wildman–Crippen MR) is 71.9 cm³/mol. The molecule has 0 saturated heterocycles. The number of fused-ring (bicyclic) bond motifs is 1. The van der Waals surface area contributed by atoms with E-state index in [1.54, 1.807) is 7.05 Å². The van der Waals surface area contributed by atoms with Gasteiger partial charge in [-0.2, -0.15) is 0 Å². The summed E-state index contributed by atoms with van der Waals surface area (Å²) in [6.07, 6.45) is 2.21. The number of aliphatic hydroxyl groups is 1. The molecule has 1 aliphatic rings. The maximum Gasteiger partial charge on any atom is 0.419 e. The number of hydrogen-bond acceptors (Lipinski definition) is 4. The van der Waals surface area contributed by atoms with Crippen LogP contribution >= 0.6 is 0 Å². The third-order valence-corrected chi connectivity index (χ3v) is 3.98. The zero-order valence-electron chi connectivity index (χ0n) is 11.0. The minimum atomic E-state index is -0.336. The van der Waals surface area contributed by atoms with Gasteiger partial charge in [0.25, 0.3) is 0 Å². The van der Waals surface area contributed by atoms with E-state index in [9.17, 15) is 9.90 Å². The Balaban J connectivity index is 1.71. The van der Waals surface area contributed by atoms with Gasteiger partial charge in [-0.05, 0) is 30.5 Å². The predicted octanol–water partition coefficient (Wildman–Crippen LogP) is 0.994. The third-order valence-electron chi connectivity index (χ3n) is 3.98. The van der Waals surface area contributed by atoms with Crippen molar-refractivity contribution in [3.63, 3.8) is 0 Å². The molecule has 0 bridgehead atoms. The van der Waals surface area contributed by atoms with Crippen molar-refractivity contribution in [2.75, 3.05) is 13.2 Å². The van der Waals surface area contributed by atoms with E-state index >= 15 is 0 Å². The number of rotatable bonds is 5. The molecule has 5 heteroatoms. The number of nitrogens with zero attached hydrogens (tertiary/aromatic N) is 1. The number of aromatic nitrogens is 1. The molecule has 0 atom stereocenters. The molecule has 1 aromatic heterocycles. The van der Waals surface area contributed by atoms with Gasteiger partial charge in [-0.15, -0.1) is 0 Å². The lowest BCUT2D eigenvalue weighted by molar-refractivity contribution is 0.207. The highest BCUT2D eigenvalue weighted by Crippen LogP contribution is 2.44. The molecular weight excluding hydrogens is 244 g/mol. The summed E-state index contributed by atoms with van der Waals surface area (Å²) >= 11 is 0. The van der Waals surface area contributed by atoms with E-state index in [1.807, 2.05) is 18.2 Å². The number of nitrogens with one attached hydrogen (secondary N) is 1. The molecule has 1 aliphatic carbocycles. The Hall–Kier alpha value is -1.59. The summed E-state index contributed by atoms with van der Waals surface area (Å²) in [5, 5.41) is 12.6. The van der Waals surface area contributed by atoms with Crippen LogP contribution in [-0.2, 0) is 13.6 Å². The van der Waals surface area contributed by atoms with Crippen molar-refractivity contribution in [1.29, 1.82) is 0 Å². The number of benzene rings is 1. The Bertz CT molecular complexity index is 652. The monoisotopic (exact) mass is 262 g/mol. The lowest BCUT2D eigenvalue weighted by Crippen LogP contribution is -2.26. The Morgan fingerprint density at radius 2 is 2.26 bits per heavy atom. The van der Waals surface area contributed by atoms with Gasteiger partial charge in [-0.25, -0.2) is 4.79 Å². The first-order valence-electron chi connectivity index (χ1n) is 6.54. The maximum atomic E-state index is 11.4. The summed E-state index contributed by atoms with van der Waals surface area (Å²) in [4.78, 5) is 11.4. The van der Waals surface area contributed by atoms with Gasteiger partial charge in [0.1, 0.15) is 0 Å². The topological polar surface area (TPSA) is 67.4 Å². The summed E-state index contributed by atoms with van der Waals surface area (Å²) in [6.45, 7) is 1.83. The van der Waals surface area contributed by atoms with E-state index in [0.29, 0.717) is 5.58 Å². The van der Waals surface area contributed by atoms with Gasteiger partial charge in [-0.3, -0.25) is 4.57 Å². The number of aliphatic hydroxyl groups excluding tert-OH is 1. The van der Waals surface area contributed by atoms with Crippen molar-refractivity contribution in [3.05, 3.63) is 34.3 Å². The second kappa shape index (κ2) is 4.51. The largest absolute Gasteiger partial charge is 0.419 e. The van der Waals surface area contributed by atoms with Crippen LogP contribution in [0.3, 0.4) is 0 Å². The molecule has 0 spiro atoms. The molecule has 1 heterocycles. The van der Waals surface area contributed by atoms with Gasteiger partial charge in [-0.1, -0.05) is 6.07 Å². The molecule has 3 rings (SSSR count).